The fraction of sp³-hybridized carbons (Fsp3) is 0.222. The minimum atomic E-state index is -0.275. The van der Waals surface area contributed by atoms with Gasteiger partial charge < -0.3 is 5.32 Å². The second-order valence-electron chi connectivity index (χ2n) is 2.45. The second kappa shape index (κ2) is 5.52. The standard InChI is InChI=1S/C9H9FN2.ClH/c1-12-6-8-4-7(5-11)2-3-9(8)10;/h2-4,12H,6H2,1H3;1H. The Bertz CT molecular complexity index is 320. The van der Waals surface area contributed by atoms with Crippen LogP contribution in [0.2, 0.25) is 0 Å². The Morgan fingerprint density at radius 1 is 1.54 bits per heavy atom. The summed E-state index contributed by atoms with van der Waals surface area (Å²) in [5, 5.41) is 11.4. The van der Waals surface area contributed by atoms with E-state index in [1.807, 2.05) is 6.07 Å². The van der Waals surface area contributed by atoms with Crippen molar-refractivity contribution in [2.75, 3.05) is 7.05 Å². The molecule has 1 rings (SSSR count). The second-order valence-corrected chi connectivity index (χ2v) is 2.45. The lowest BCUT2D eigenvalue weighted by Gasteiger charge is -2.01. The van der Waals surface area contributed by atoms with Gasteiger partial charge in [0, 0.05) is 12.1 Å². The maximum absolute atomic E-state index is 12.9. The zero-order valence-corrected chi connectivity index (χ0v) is 7.99. The Balaban J connectivity index is 0.00000144. The van der Waals surface area contributed by atoms with E-state index in [9.17, 15) is 4.39 Å². The molecule has 0 fully saturated rings. The molecule has 2 nitrogen and oxygen atoms in total. The molecule has 0 aliphatic heterocycles. The van der Waals surface area contributed by atoms with Gasteiger partial charge in [-0.1, -0.05) is 0 Å². The molecule has 13 heavy (non-hydrogen) atoms. The monoisotopic (exact) mass is 200 g/mol. The van der Waals surface area contributed by atoms with Crippen molar-refractivity contribution in [1.82, 2.24) is 5.32 Å². The van der Waals surface area contributed by atoms with E-state index < -0.39 is 0 Å². The van der Waals surface area contributed by atoms with Gasteiger partial charge in [-0.05, 0) is 25.2 Å². The van der Waals surface area contributed by atoms with Gasteiger partial charge in [-0.15, -0.1) is 12.4 Å². The first-order chi connectivity index (χ1) is 5.77. The minimum absolute atomic E-state index is 0. The normalized spacial score (nSPS) is 8.69. The van der Waals surface area contributed by atoms with Crippen LogP contribution in [-0.4, -0.2) is 7.05 Å². The van der Waals surface area contributed by atoms with Crippen molar-refractivity contribution in [3.05, 3.63) is 35.1 Å². The fourth-order valence-corrected chi connectivity index (χ4v) is 0.970. The van der Waals surface area contributed by atoms with E-state index in [2.05, 4.69) is 5.32 Å². The molecule has 1 N–H and O–H groups in total. The summed E-state index contributed by atoms with van der Waals surface area (Å²) < 4.78 is 12.9. The van der Waals surface area contributed by atoms with Gasteiger partial charge in [0.2, 0.25) is 0 Å². The van der Waals surface area contributed by atoms with Crippen LogP contribution in [0.15, 0.2) is 18.2 Å². The number of halogens is 2. The summed E-state index contributed by atoms with van der Waals surface area (Å²) in [6, 6.07) is 6.28. The van der Waals surface area contributed by atoms with Crippen LogP contribution >= 0.6 is 12.4 Å². The van der Waals surface area contributed by atoms with E-state index in [1.165, 1.54) is 12.1 Å². The first kappa shape index (κ1) is 11.9. The predicted molar refractivity (Wildman–Crippen MR) is 51.1 cm³/mol. The van der Waals surface area contributed by atoms with Gasteiger partial charge in [0.05, 0.1) is 11.6 Å². The van der Waals surface area contributed by atoms with Gasteiger partial charge in [-0.2, -0.15) is 5.26 Å². The maximum atomic E-state index is 12.9. The molecule has 0 atom stereocenters. The Morgan fingerprint density at radius 3 is 2.77 bits per heavy atom. The molecule has 0 unspecified atom stereocenters. The minimum Gasteiger partial charge on any atom is -0.316 e. The maximum Gasteiger partial charge on any atom is 0.127 e. The van der Waals surface area contributed by atoms with Crippen LogP contribution in [0.4, 0.5) is 4.39 Å². The molecule has 0 bridgehead atoms. The highest BCUT2D eigenvalue weighted by atomic mass is 35.5. The van der Waals surface area contributed by atoms with Gasteiger partial charge in [-0.3, -0.25) is 0 Å². The number of hydrogen-bond acceptors (Lipinski definition) is 2. The van der Waals surface area contributed by atoms with Crippen LogP contribution in [0, 0.1) is 17.1 Å². The van der Waals surface area contributed by atoms with Crippen molar-refractivity contribution in [1.29, 1.82) is 5.26 Å². The number of benzene rings is 1. The lowest BCUT2D eigenvalue weighted by molar-refractivity contribution is 0.600. The topological polar surface area (TPSA) is 35.8 Å². The molecule has 0 heterocycles. The van der Waals surface area contributed by atoms with Crippen molar-refractivity contribution in [3.8, 4) is 6.07 Å². The summed E-state index contributed by atoms with van der Waals surface area (Å²) in [6.45, 7) is 0.446. The largest absolute Gasteiger partial charge is 0.316 e. The van der Waals surface area contributed by atoms with Crippen LogP contribution in [-0.2, 0) is 6.54 Å². The summed E-state index contributed by atoms with van der Waals surface area (Å²) in [7, 11) is 1.73. The highest BCUT2D eigenvalue weighted by Crippen LogP contribution is 2.09. The summed E-state index contributed by atoms with van der Waals surface area (Å²) in [6.07, 6.45) is 0. The average molecular weight is 201 g/mol. The van der Waals surface area contributed by atoms with E-state index >= 15 is 0 Å². The van der Waals surface area contributed by atoms with E-state index in [0.717, 1.165) is 0 Å². The zero-order valence-electron chi connectivity index (χ0n) is 7.17. The van der Waals surface area contributed by atoms with Gasteiger partial charge in [0.25, 0.3) is 0 Å². The molecule has 0 aliphatic carbocycles. The molecule has 0 radical (unpaired) electrons. The SMILES string of the molecule is CNCc1cc(C#N)ccc1F.Cl. The average Bonchev–Trinajstić information content (AvgIpc) is 2.09. The van der Waals surface area contributed by atoms with Gasteiger partial charge in [-0.25, -0.2) is 4.39 Å². The molecule has 0 amide bonds. The van der Waals surface area contributed by atoms with Crippen molar-refractivity contribution >= 4 is 12.4 Å². The molecular formula is C9H10ClFN2. The van der Waals surface area contributed by atoms with Crippen molar-refractivity contribution in [3.63, 3.8) is 0 Å². The first-order valence-corrected chi connectivity index (χ1v) is 3.61. The summed E-state index contributed by atoms with van der Waals surface area (Å²) in [5.41, 5.74) is 1.01. The third kappa shape index (κ3) is 3.02. The van der Waals surface area contributed by atoms with Crippen molar-refractivity contribution in [2.45, 2.75) is 6.54 Å². The molecule has 0 saturated heterocycles. The lowest BCUT2D eigenvalue weighted by atomic mass is 10.1. The lowest BCUT2D eigenvalue weighted by Crippen LogP contribution is -2.07. The third-order valence-corrected chi connectivity index (χ3v) is 1.54. The molecule has 4 heteroatoms. The third-order valence-electron chi connectivity index (χ3n) is 1.54. The summed E-state index contributed by atoms with van der Waals surface area (Å²) in [4.78, 5) is 0. The Kier molecular flexibility index (Phi) is 5.05. The number of nitrogens with one attached hydrogen (secondary N) is 1. The summed E-state index contributed by atoms with van der Waals surface area (Å²) >= 11 is 0. The summed E-state index contributed by atoms with van der Waals surface area (Å²) in [5.74, 6) is -0.275. The molecule has 70 valence electrons. The quantitative estimate of drug-likeness (QED) is 0.791. The number of rotatable bonds is 2. The number of nitrogens with zero attached hydrogens (tertiary/aromatic N) is 1. The Labute approximate surface area is 82.8 Å². The fourth-order valence-electron chi connectivity index (χ4n) is 0.970. The highest BCUT2D eigenvalue weighted by Gasteiger charge is 2.01. The first-order valence-electron chi connectivity index (χ1n) is 3.61. The molecule has 1 aromatic carbocycles. The molecule has 0 saturated carbocycles. The Hall–Kier alpha value is -1.11. The van der Waals surface area contributed by atoms with Crippen LogP contribution in [0.1, 0.15) is 11.1 Å². The van der Waals surface area contributed by atoms with Gasteiger partial charge >= 0.3 is 0 Å². The molecule has 0 aliphatic rings. The molecule has 1 aromatic rings. The predicted octanol–water partition coefficient (Wildman–Crippen LogP) is 1.84. The number of nitriles is 1. The van der Waals surface area contributed by atoms with E-state index in [1.54, 1.807) is 13.1 Å². The molecule has 0 spiro atoms. The smallest absolute Gasteiger partial charge is 0.127 e. The molecule has 0 aromatic heterocycles. The van der Waals surface area contributed by atoms with Crippen molar-refractivity contribution in [2.24, 2.45) is 0 Å². The van der Waals surface area contributed by atoms with E-state index in [0.29, 0.717) is 17.7 Å². The van der Waals surface area contributed by atoms with Crippen LogP contribution in [0.5, 0.6) is 0 Å². The zero-order chi connectivity index (χ0) is 8.97. The molecular weight excluding hydrogens is 191 g/mol. The van der Waals surface area contributed by atoms with E-state index in [4.69, 9.17) is 5.26 Å². The van der Waals surface area contributed by atoms with Crippen LogP contribution < -0.4 is 5.32 Å². The Morgan fingerprint density at radius 2 is 2.23 bits per heavy atom. The van der Waals surface area contributed by atoms with E-state index in [-0.39, 0.29) is 18.2 Å². The van der Waals surface area contributed by atoms with Crippen LogP contribution in [0.25, 0.3) is 0 Å². The highest BCUT2D eigenvalue weighted by molar-refractivity contribution is 5.85. The van der Waals surface area contributed by atoms with Gasteiger partial charge in [0.15, 0.2) is 0 Å². The van der Waals surface area contributed by atoms with Crippen molar-refractivity contribution < 1.29 is 4.39 Å². The van der Waals surface area contributed by atoms with Gasteiger partial charge in [0.1, 0.15) is 5.82 Å². The number of hydrogen-bond donors (Lipinski definition) is 1. The van der Waals surface area contributed by atoms with Crippen LogP contribution in [0.3, 0.4) is 0 Å².